The molecule has 0 unspecified atom stereocenters. The molecule has 0 saturated carbocycles. The number of benzene rings is 2. The third-order valence-electron chi connectivity index (χ3n) is 6.15. The normalized spacial score (nSPS) is 13.4. The van der Waals surface area contributed by atoms with Crippen LogP contribution in [0.4, 0.5) is 5.69 Å². The molecule has 1 aromatic heterocycles. The van der Waals surface area contributed by atoms with Crippen LogP contribution >= 0.6 is 0 Å². The summed E-state index contributed by atoms with van der Waals surface area (Å²) in [5, 5.41) is 1.41. The average Bonchev–Trinajstić information content (AvgIpc) is 3.00. The number of rotatable bonds is 5. The van der Waals surface area contributed by atoms with Gasteiger partial charge in [0.15, 0.2) is 0 Å². The molecule has 2 aromatic carbocycles. The molecular formula is C26H32N2. The lowest BCUT2D eigenvalue weighted by Gasteiger charge is -2.32. The zero-order valence-corrected chi connectivity index (χ0v) is 18.0. The van der Waals surface area contributed by atoms with Crippen molar-refractivity contribution < 1.29 is 0 Å². The summed E-state index contributed by atoms with van der Waals surface area (Å²) in [4.78, 5) is 2.45. The molecule has 2 heteroatoms. The van der Waals surface area contributed by atoms with Crippen LogP contribution in [0.1, 0.15) is 42.7 Å². The lowest BCUT2D eigenvalue weighted by Crippen LogP contribution is -2.29. The van der Waals surface area contributed by atoms with E-state index >= 15 is 0 Å². The molecule has 2 heterocycles. The molecule has 0 atom stereocenters. The third kappa shape index (κ3) is 2.96. The second-order valence-electron chi connectivity index (χ2n) is 8.55. The van der Waals surface area contributed by atoms with Crippen molar-refractivity contribution in [2.45, 2.75) is 53.5 Å². The van der Waals surface area contributed by atoms with Gasteiger partial charge in [0.2, 0.25) is 0 Å². The van der Waals surface area contributed by atoms with Crippen LogP contribution in [0.25, 0.3) is 22.0 Å². The summed E-state index contributed by atoms with van der Waals surface area (Å²) < 4.78 is 2.59. The fraction of sp³-hybridized carbons (Fsp3) is 0.385. The Morgan fingerprint density at radius 2 is 1.82 bits per heavy atom. The minimum absolute atomic E-state index is 0.931. The van der Waals surface area contributed by atoms with E-state index < -0.39 is 0 Å². The average molecular weight is 373 g/mol. The van der Waals surface area contributed by atoms with Crippen LogP contribution in [-0.2, 0) is 19.4 Å². The van der Waals surface area contributed by atoms with Crippen LogP contribution in [0.2, 0.25) is 0 Å². The molecular weight excluding hydrogens is 340 g/mol. The Balaban J connectivity index is 2.13. The fourth-order valence-electron chi connectivity index (χ4n) is 4.84. The van der Waals surface area contributed by atoms with Gasteiger partial charge >= 0.3 is 0 Å². The first-order valence-corrected chi connectivity index (χ1v) is 10.5. The van der Waals surface area contributed by atoms with E-state index in [1.54, 1.807) is 0 Å². The summed E-state index contributed by atoms with van der Waals surface area (Å²) in [5.41, 5.74) is 12.4. The first kappa shape index (κ1) is 18.9. The molecule has 0 spiro atoms. The van der Waals surface area contributed by atoms with E-state index in [-0.39, 0.29) is 0 Å². The van der Waals surface area contributed by atoms with Gasteiger partial charge in [0.1, 0.15) is 0 Å². The molecule has 0 saturated heterocycles. The number of aryl methyl sites for hydroxylation is 2. The Morgan fingerprint density at radius 1 is 1.11 bits per heavy atom. The predicted octanol–water partition coefficient (Wildman–Crippen LogP) is 6.45. The zero-order chi connectivity index (χ0) is 20.0. The van der Waals surface area contributed by atoms with E-state index in [9.17, 15) is 0 Å². The highest BCUT2D eigenvalue weighted by Gasteiger charge is 2.27. The highest BCUT2D eigenvalue weighted by atomic mass is 15.2. The topological polar surface area (TPSA) is 8.17 Å². The van der Waals surface area contributed by atoms with Crippen molar-refractivity contribution in [1.82, 2.24) is 4.57 Å². The van der Waals surface area contributed by atoms with Crippen LogP contribution < -0.4 is 4.90 Å². The van der Waals surface area contributed by atoms with Crippen molar-refractivity contribution in [1.29, 1.82) is 0 Å². The minimum atomic E-state index is 0.931. The first-order valence-electron chi connectivity index (χ1n) is 10.5. The molecule has 146 valence electrons. The molecule has 0 fully saturated rings. The van der Waals surface area contributed by atoms with E-state index in [0.29, 0.717) is 0 Å². The van der Waals surface area contributed by atoms with Gasteiger partial charge in [0.05, 0.1) is 11.2 Å². The van der Waals surface area contributed by atoms with Gasteiger partial charge in [-0.2, -0.15) is 0 Å². The van der Waals surface area contributed by atoms with Crippen molar-refractivity contribution in [3.63, 3.8) is 0 Å². The predicted molar refractivity (Wildman–Crippen MR) is 123 cm³/mol. The lowest BCUT2D eigenvalue weighted by molar-refractivity contribution is 0.647. The van der Waals surface area contributed by atoms with Crippen LogP contribution in [0.5, 0.6) is 0 Å². The van der Waals surface area contributed by atoms with E-state index in [1.165, 1.54) is 62.1 Å². The second kappa shape index (κ2) is 7.16. The summed E-state index contributed by atoms with van der Waals surface area (Å²) in [6.07, 6.45) is 3.25. The number of hydrogen-bond acceptors (Lipinski definition) is 1. The van der Waals surface area contributed by atoms with Crippen LogP contribution in [0.15, 0.2) is 42.5 Å². The van der Waals surface area contributed by atoms with Crippen molar-refractivity contribution in [3.05, 3.63) is 64.9 Å². The molecule has 0 aliphatic carbocycles. The molecule has 28 heavy (non-hydrogen) atoms. The zero-order valence-electron chi connectivity index (χ0n) is 18.0. The number of allylic oxidation sites excluding steroid dienone is 1. The smallest absolute Gasteiger partial charge is 0.0730 e. The summed E-state index contributed by atoms with van der Waals surface area (Å²) in [5.74, 6) is 0. The van der Waals surface area contributed by atoms with Crippen molar-refractivity contribution in [2.75, 3.05) is 18.5 Å². The molecule has 0 bridgehead atoms. The maximum absolute atomic E-state index is 4.24. The van der Waals surface area contributed by atoms with Crippen molar-refractivity contribution >= 4 is 16.6 Å². The molecule has 0 radical (unpaired) electrons. The van der Waals surface area contributed by atoms with Gasteiger partial charge in [0, 0.05) is 31.2 Å². The Labute approximate surface area is 169 Å². The Hall–Kier alpha value is -2.48. The Morgan fingerprint density at radius 3 is 2.46 bits per heavy atom. The highest BCUT2D eigenvalue weighted by Crippen LogP contribution is 2.45. The first-order chi connectivity index (χ1) is 13.4. The van der Waals surface area contributed by atoms with Crippen molar-refractivity contribution in [2.24, 2.45) is 0 Å². The van der Waals surface area contributed by atoms with Gasteiger partial charge in [-0.3, -0.25) is 0 Å². The van der Waals surface area contributed by atoms with E-state index in [0.717, 1.165) is 25.9 Å². The van der Waals surface area contributed by atoms with E-state index in [1.807, 2.05) is 0 Å². The largest absolute Gasteiger partial charge is 0.371 e. The number of aromatic nitrogens is 1. The number of anilines is 1. The Bertz CT molecular complexity index is 1050. The van der Waals surface area contributed by atoms with E-state index in [2.05, 4.69) is 81.1 Å². The van der Waals surface area contributed by atoms with Gasteiger partial charge in [-0.05, 0) is 61.9 Å². The number of hydrogen-bond donors (Lipinski definition) is 0. The molecule has 0 amide bonds. The number of nitrogens with zero attached hydrogens (tertiary/aromatic N) is 2. The fourth-order valence-corrected chi connectivity index (χ4v) is 4.84. The standard InChI is InChI=1S/C26H32N2/c1-7-8-21-16-23-24(20-11-9-18(4)10-12-20)22(15-17(2)3)19(5)25-26(23)28(21)14-13-27(25)6/h9-12,16H,2,7-8,13-15H2,1,3-6H3. The molecule has 1 aliphatic heterocycles. The van der Waals surface area contributed by atoms with Gasteiger partial charge in [0.25, 0.3) is 0 Å². The second-order valence-corrected chi connectivity index (χ2v) is 8.55. The van der Waals surface area contributed by atoms with Crippen LogP contribution in [-0.4, -0.2) is 18.2 Å². The number of likely N-dealkylation sites (N-methyl/N-ethyl adjacent to an activating group) is 1. The molecule has 0 N–H and O–H groups in total. The molecule has 1 aliphatic rings. The minimum Gasteiger partial charge on any atom is -0.371 e. The summed E-state index contributed by atoms with van der Waals surface area (Å²) in [6.45, 7) is 15.3. The van der Waals surface area contributed by atoms with Gasteiger partial charge in [-0.1, -0.05) is 55.3 Å². The maximum atomic E-state index is 4.24. The lowest BCUT2D eigenvalue weighted by atomic mass is 9.87. The van der Waals surface area contributed by atoms with Crippen LogP contribution in [0, 0.1) is 13.8 Å². The molecule has 2 nitrogen and oxygen atoms in total. The van der Waals surface area contributed by atoms with E-state index in [4.69, 9.17) is 0 Å². The third-order valence-corrected chi connectivity index (χ3v) is 6.15. The van der Waals surface area contributed by atoms with Gasteiger partial charge in [-0.25, -0.2) is 0 Å². The van der Waals surface area contributed by atoms with Gasteiger partial charge < -0.3 is 9.47 Å². The monoisotopic (exact) mass is 372 g/mol. The summed E-state index contributed by atoms with van der Waals surface area (Å²) in [7, 11) is 2.24. The van der Waals surface area contributed by atoms with Gasteiger partial charge in [-0.15, -0.1) is 0 Å². The quantitative estimate of drug-likeness (QED) is 0.467. The SMILES string of the molecule is C=C(C)Cc1c(C)c2c3c(cc(CCC)n3CCN2C)c1-c1ccc(C)cc1. The van der Waals surface area contributed by atoms with Crippen LogP contribution in [0.3, 0.4) is 0 Å². The summed E-state index contributed by atoms with van der Waals surface area (Å²) >= 11 is 0. The maximum Gasteiger partial charge on any atom is 0.0730 e. The van der Waals surface area contributed by atoms with Crippen molar-refractivity contribution in [3.8, 4) is 11.1 Å². The molecule has 4 rings (SSSR count). The highest BCUT2D eigenvalue weighted by molar-refractivity contribution is 6.06. The summed E-state index contributed by atoms with van der Waals surface area (Å²) in [6, 6.07) is 11.5. The molecule has 3 aromatic rings. The Kier molecular flexibility index (Phi) is 4.82.